The number of nitrogens with two attached hydrogens (primary N) is 1. The number of carbonyl (C=O) groups excluding carboxylic acids is 1. The average Bonchev–Trinajstić information content (AvgIpc) is 2.87. The van der Waals surface area contributed by atoms with Crippen molar-refractivity contribution in [3.05, 3.63) is 66.4 Å². The Bertz CT molecular complexity index is 715. The van der Waals surface area contributed by atoms with E-state index >= 15 is 0 Å². The lowest BCUT2D eigenvalue weighted by Gasteiger charge is -2.17. The van der Waals surface area contributed by atoms with E-state index in [-0.39, 0.29) is 5.91 Å². The minimum atomic E-state index is -0.195. The highest BCUT2D eigenvalue weighted by atomic mass is 16.2. The van der Waals surface area contributed by atoms with Gasteiger partial charge in [-0.3, -0.25) is 4.79 Å². The van der Waals surface area contributed by atoms with Gasteiger partial charge in [-0.2, -0.15) is 5.10 Å². The molecule has 0 saturated heterocycles. The van der Waals surface area contributed by atoms with Crippen LogP contribution in [0.1, 0.15) is 21.6 Å². The zero-order valence-electron chi connectivity index (χ0n) is 13.6. The number of anilines is 1. The van der Waals surface area contributed by atoms with Gasteiger partial charge in [-0.1, -0.05) is 18.2 Å². The van der Waals surface area contributed by atoms with Gasteiger partial charge in [0, 0.05) is 19.2 Å². The third kappa shape index (κ3) is 3.69. The minimum absolute atomic E-state index is 0.195. The van der Waals surface area contributed by atoms with E-state index in [1.54, 1.807) is 27.8 Å². The fourth-order valence-corrected chi connectivity index (χ4v) is 2.49. The first-order valence-electron chi connectivity index (χ1n) is 7.41. The van der Waals surface area contributed by atoms with Crippen LogP contribution >= 0.6 is 0 Å². The zero-order chi connectivity index (χ0) is 17.0. The topological polar surface area (TPSA) is 64.2 Å². The van der Waals surface area contributed by atoms with Gasteiger partial charge in [0.15, 0.2) is 5.69 Å². The number of carbonyl (C=O) groups is 1. The summed E-state index contributed by atoms with van der Waals surface area (Å²) in [7, 11) is 0. The molecule has 1 aromatic heterocycles. The van der Waals surface area contributed by atoms with Gasteiger partial charge in [0.05, 0.1) is 5.69 Å². The van der Waals surface area contributed by atoms with E-state index in [1.165, 1.54) is 0 Å². The summed E-state index contributed by atoms with van der Waals surface area (Å²) in [5.41, 5.74) is 9.43. The maximum absolute atomic E-state index is 12.6. The number of amides is 1. The molecule has 0 unspecified atom stereocenters. The Morgan fingerprint density at radius 2 is 1.74 bits per heavy atom. The molecule has 2 N–H and O–H groups in total. The fourth-order valence-electron chi connectivity index (χ4n) is 2.49. The van der Waals surface area contributed by atoms with Crippen molar-refractivity contribution in [3.63, 3.8) is 0 Å². The van der Waals surface area contributed by atoms with E-state index in [9.17, 15) is 4.79 Å². The molecule has 2 rings (SSSR count). The largest absolute Gasteiger partial charge is 0.384 e. The number of aryl methyl sites for hydroxylation is 2. The molecule has 1 heterocycles. The van der Waals surface area contributed by atoms with Gasteiger partial charge >= 0.3 is 0 Å². The molecule has 0 atom stereocenters. The Morgan fingerprint density at radius 3 is 2.26 bits per heavy atom. The van der Waals surface area contributed by atoms with Crippen LogP contribution in [0.2, 0.25) is 0 Å². The van der Waals surface area contributed by atoms with Crippen molar-refractivity contribution in [3.8, 4) is 5.69 Å². The Kier molecular flexibility index (Phi) is 5.01. The summed E-state index contributed by atoms with van der Waals surface area (Å²) in [6.07, 6.45) is 3.34. The summed E-state index contributed by atoms with van der Waals surface area (Å²) in [6.45, 7) is 12.2. The monoisotopic (exact) mass is 310 g/mol. The van der Waals surface area contributed by atoms with E-state index in [0.29, 0.717) is 24.6 Å². The maximum atomic E-state index is 12.6. The van der Waals surface area contributed by atoms with Crippen LogP contribution in [-0.2, 0) is 0 Å². The third-order valence-corrected chi connectivity index (χ3v) is 3.39. The van der Waals surface area contributed by atoms with Crippen LogP contribution in [0.5, 0.6) is 0 Å². The second-order valence-electron chi connectivity index (χ2n) is 5.50. The summed E-state index contributed by atoms with van der Waals surface area (Å²) in [5, 5.41) is 4.38. The minimum Gasteiger partial charge on any atom is -0.384 e. The highest BCUT2D eigenvalue weighted by Crippen LogP contribution is 2.18. The van der Waals surface area contributed by atoms with Crippen molar-refractivity contribution in [1.82, 2.24) is 14.7 Å². The summed E-state index contributed by atoms with van der Waals surface area (Å²) < 4.78 is 1.59. The van der Waals surface area contributed by atoms with Gasteiger partial charge in [-0.15, -0.1) is 13.2 Å². The molecule has 0 aliphatic heterocycles. The smallest absolute Gasteiger partial charge is 0.275 e. The number of rotatable bonds is 6. The molecular weight excluding hydrogens is 288 g/mol. The number of nitrogen functional groups attached to an aromatic ring is 1. The van der Waals surface area contributed by atoms with Crippen molar-refractivity contribution in [1.29, 1.82) is 0 Å². The molecule has 0 bridgehead atoms. The van der Waals surface area contributed by atoms with Crippen LogP contribution in [0.15, 0.2) is 49.6 Å². The number of benzene rings is 1. The lowest BCUT2D eigenvalue weighted by atomic mass is 10.1. The predicted molar refractivity (Wildman–Crippen MR) is 93.7 cm³/mol. The summed E-state index contributed by atoms with van der Waals surface area (Å²) in [5.74, 6) is 0.232. The normalized spacial score (nSPS) is 10.3. The second-order valence-corrected chi connectivity index (χ2v) is 5.50. The van der Waals surface area contributed by atoms with E-state index in [0.717, 1.165) is 16.8 Å². The molecule has 0 saturated carbocycles. The molecule has 1 aromatic carbocycles. The molecule has 5 nitrogen and oxygen atoms in total. The van der Waals surface area contributed by atoms with Gasteiger partial charge in [-0.05, 0) is 37.1 Å². The van der Waals surface area contributed by atoms with Gasteiger partial charge in [0.2, 0.25) is 0 Å². The van der Waals surface area contributed by atoms with Gasteiger partial charge < -0.3 is 10.6 Å². The summed E-state index contributed by atoms with van der Waals surface area (Å²) in [6, 6.07) is 7.63. The molecule has 0 radical (unpaired) electrons. The van der Waals surface area contributed by atoms with Crippen molar-refractivity contribution >= 4 is 11.7 Å². The number of hydrogen-bond acceptors (Lipinski definition) is 3. The lowest BCUT2D eigenvalue weighted by molar-refractivity contribution is 0.0784. The molecule has 23 heavy (non-hydrogen) atoms. The Hall–Kier alpha value is -2.82. The first kappa shape index (κ1) is 16.5. The zero-order valence-corrected chi connectivity index (χ0v) is 13.6. The van der Waals surface area contributed by atoms with Crippen molar-refractivity contribution in [2.75, 3.05) is 18.8 Å². The Morgan fingerprint density at radius 1 is 1.17 bits per heavy atom. The van der Waals surface area contributed by atoms with Crippen LogP contribution in [0.4, 0.5) is 5.82 Å². The average molecular weight is 310 g/mol. The van der Waals surface area contributed by atoms with Crippen molar-refractivity contribution in [2.24, 2.45) is 0 Å². The molecular formula is C18H22N4O. The maximum Gasteiger partial charge on any atom is 0.275 e. The van der Waals surface area contributed by atoms with E-state index in [2.05, 4.69) is 24.3 Å². The molecule has 0 spiro atoms. The van der Waals surface area contributed by atoms with E-state index in [1.807, 2.05) is 26.0 Å². The van der Waals surface area contributed by atoms with Crippen LogP contribution < -0.4 is 5.73 Å². The molecule has 2 aromatic rings. The first-order valence-corrected chi connectivity index (χ1v) is 7.41. The van der Waals surface area contributed by atoms with Gasteiger partial charge in [0.25, 0.3) is 5.91 Å². The molecule has 1 amide bonds. The Balaban J connectivity index is 2.38. The summed E-state index contributed by atoms with van der Waals surface area (Å²) >= 11 is 0. The highest BCUT2D eigenvalue weighted by Gasteiger charge is 2.19. The van der Waals surface area contributed by atoms with Crippen molar-refractivity contribution in [2.45, 2.75) is 13.8 Å². The van der Waals surface area contributed by atoms with Crippen LogP contribution in [0, 0.1) is 13.8 Å². The number of hydrogen-bond donors (Lipinski definition) is 1. The first-order chi connectivity index (χ1) is 11.0. The molecule has 0 aliphatic rings. The SMILES string of the molecule is C=CCN(CC=C)C(=O)c1cc(N)n(-c2cc(C)cc(C)c2)n1. The molecule has 5 heteroatoms. The van der Waals surface area contributed by atoms with Gasteiger partial charge in [-0.25, -0.2) is 4.68 Å². The Labute approximate surface area is 136 Å². The second kappa shape index (κ2) is 6.96. The fraction of sp³-hybridized carbons (Fsp3) is 0.222. The predicted octanol–water partition coefficient (Wildman–Crippen LogP) is 2.89. The molecule has 0 fully saturated rings. The van der Waals surface area contributed by atoms with Gasteiger partial charge in [0.1, 0.15) is 5.82 Å². The van der Waals surface area contributed by atoms with E-state index < -0.39 is 0 Å². The van der Waals surface area contributed by atoms with Crippen molar-refractivity contribution < 1.29 is 4.79 Å². The quantitative estimate of drug-likeness (QED) is 0.834. The van der Waals surface area contributed by atoms with E-state index in [4.69, 9.17) is 5.73 Å². The van der Waals surface area contributed by atoms with Crippen LogP contribution in [0.3, 0.4) is 0 Å². The van der Waals surface area contributed by atoms with Crippen LogP contribution in [0.25, 0.3) is 5.69 Å². The summed E-state index contributed by atoms with van der Waals surface area (Å²) in [4.78, 5) is 14.2. The molecule has 120 valence electrons. The lowest BCUT2D eigenvalue weighted by Crippen LogP contribution is -2.31. The molecule has 0 aliphatic carbocycles. The number of nitrogens with zero attached hydrogens (tertiary/aromatic N) is 3. The highest BCUT2D eigenvalue weighted by molar-refractivity contribution is 5.93. The third-order valence-electron chi connectivity index (χ3n) is 3.39. The van der Waals surface area contributed by atoms with Crippen LogP contribution in [-0.4, -0.2) is 33.7 Å². The standard InChI is InChI=1S/C18H22N4O/c1-5-7-21(8-6-2)18(23)16-12-17(19)22(20-16)15-10-13(3)9-14(4)11-15/h5-6,9-12H,1-2,7-8,19H2,3-4H3. The number of aromatic nitrogens is 2.